The Morgan fingerprint density at radius 2 is 1.95 bits per heavy atom. The van der Waals surface area contributed by atoms with Gasteiger partial charge in [-0.05, 0) is 67.0 Å². The molecule has 1 aliphatic heterocycles. The van der Waals surface area contributed by atoms with Crippen LogP contribution in [0.3, 0.4) is 0 Å². The molecule has 1 aromatic carbocycles. The van der Waals surface area contributed by atoms with Crippen LogP contribution in [-0.4, -0.2) is 24.5 Å². The van der Waals surface area contributed by atoms with Gasteiger partial charge in [0.2, 0.25) is 0 Å². The van der Waals surface area contributed by atoms with Crippen molar-refractivity contribution < 1.29 is 0 Å². The lowest BCUT2D eigenvalue weighted by atomic mass is 9.63. The second-order valence-electron chi connectivity index (χ2n) is 8.41. The van der Waals surface area contributed by atoms with Crippen molar-refractivity contribution in [3.8, 4) is 0 Å². The Balaban J connectivity index is 1.47. The van der Waals surface area contributed by atoms with E-state index in [1.165, 1.54) is 50.9 Å². The molecule has 0 amide bonds. The Labute approximate surface area is 136 Å². The fourth-order valence-electron chi connectivity index (χ4n) is 4.72. The monoisotopic (exact) mass is 300 g/mol. The van der Waals surface area contributed by atoms with Crippen molar-refractivity contribution >= 4 is 5.69 Å². The largest absolute Gasteiger partial charge is 0.399 e. The highest BCUT2D eigenvalue weighted by Gasteiger charge is 2.54. The number of para-hydroxylation sites is 1. The number of unbranched alkanes of at least 4 members (excludes halogenated alkanes) is 1. The van der Waals surface area contributed by atoms with Gasteiger partial charge in [-0.3, -0.25) is 0 Å². The lowest BCUT2D eigenvalue weighted by Gasteiger charge is -2.50. The molecule has 122 valence electrons. The Morgan fingerprint density at radius 1 is 1.18 bits per heavy atom. The van der Waals surface area contributed by atoms with E-state index in [9.17, 15) is 0 Å². The van der Waals surface area contributed by atoms with E-state index in [2.05, 4.69) is 37.8 Å². The van der Waals surface area contributed by atoms with Gasteiger partial charge in [-0.2, -0.15) is 0 Å². The van der Waals surface area contributed by atoms with Gasteiger partial charge < -0.3 is 10.6 Å². The fraction of sp³-hybridized carbons (Fsp3) is 0.700. The number of piperidine rings is 1. The smallest absolute Gasteiger partial charge is 0.0346 e. The number of benzene rings is 1. The summed E-state index contributed by atoms with van der Waals surface area (Å²) in [6.07, 6.45) is 6.50. The second kappa shape index (κ2) is 5.88. The zero-order chi connectivity index (χ0) is 15.8. The second-order valence-corrected chi connectivity index (χ2v) is 8.41. The summed E-state index contributed by atoms with van der Waals surface area (Å²) in [6.45, 7) is 11.4. The average molecular weight is 300 g/mol. The standard InChI is InChI=1S/C20H32N2/c1-19(2)17-11-12-20(19,3)15-22(14-17)13-7-6-9-16-8-4-5-10-18(16)21/h4-5,8,10,17H,6-7,9,11-15,21H2,1-3H3/t17?,20-/m0/s1. The lowest BCUT2D eigenvalue weighted by molar-refractivity contribution is -0.0179. The first-order valence-corrected chi connectivity index (χ1v) is 8.98. The van der Waals surface area contributed by atoms with Crippen LogP contribution in [0.4, 0.5) is 5.69 Å². The number of aryl methyl sites for hydroxylation is 1. The average Bonchev–Trinajstić information content (AvgIpc) is 2.63. The molecule has 1 aliphatic carbocycles. The number of hydrogen-bond donors (Lipinski definition) is 1. The minimum Gasteiger partial charge on any atom is -0.399 e. The summed E-state index contributed by atoms with van der Waals surface area (Å²) in [6, 6.07) is 8.29. The number of hydrogen-bond acceptors (Lipinski definition) is 2. The van der Waals surface area contributed by atoms with Crippen molar-refractivity contribution in [2.75, 3.05) is 25.4 Å². The van der Waals surface area contributed by atoms with Crippen LogP contribution in [0.1, 0.15) is 52.0 Å². The van der Waals surface area contributed by atoms with E-state index in [-0.39, 0.29) is 0 Å². The number of nitrogens with zero attached hydrogens (tertiary/aromatic N) is 1. The van der Waals surface area contributed by atoms with E-state index in [1.807, 2.05) is 12.1 Å². The predicted octanol–water partition coefficient (Wildman–Crippen LogP) is 4.35. The van der Waals surface area contributed by atoms with Crippen molar-refractivity contribution in [3.63, 3.8) is 0 Å². The molecule has 2 aliphatic rings. The molecule has 22 heavy (non-hydrogen) atoms. The Kier molecular flexibility index (Phi) is 4.24. The molecule has 0 spiro atoms. The summed E-state index contributed by atoms with van der Waals surface area (Å²) >= 11 is 0. The van der Waals surface area contributed by atoms with Gasteiger partial charge >= 0.3 is 0 Å². The number of nitrogens with two attached hydrogens (primary N) is 1. The molecule has 0 aromatic heterocycles. The zero-order valence-electron chi connectivity index (χ0n) is 14.6. The summed E-state index contributed by atoms with van der Waals surface area (Å²) in [4.78, 5) is 2.73. The summed E-state index contributed by atoms with van der Waals surface area (Å²) in [5.41, 5.74) is 9.35. The summed E-state index contributed by atoms with van der Waals surface area (Å²) in [5, 5.41) is 0. The minimum absolute atomic E-state index is 0.528. The van der Waals surface area contributed by atoms with Crippen molar-refractivity contribution in [2.45, 2.75) is 52.9 Å². The third-order valence-corrected chi connectivity index (χ3v) is 6.90. The van der Waals surface area contributed by atoms with Crippen molar-refractivity contribution in [1.29, 1.82) is 0 Å². The number of nitrogen functional groups attached to an aromatic ring is 1. The molecular formula is C20H32N2. The van der Waals surface area contributed by atoms with Crippen LogP contribution in [-0.2, 0) is 6.42 Å². The molecule has 1 aromatic rings. The molecule has 1 heterocycles. The molecule has 1 saturated heterocycles. The number of fused-ring (bicyclic) bond motifs is 2. The molecule has 1 unspecified atom stereocenters. The maximum Gasteiger partial charge on any atom is 0.0346 e. The number of likely N-dealkylation sites (tertiary alicyclic amines) is 1. The van der Waals surface area contributed by atoms with Crippen molar-refractivity contribution in [1.82, 2.24) is 4.90 Å². The summed E-state index contributed by atoms with van der Waals surface area (Å²) in [7, 11) is 0. The molecule has 2 heteroatoms. The van der Waals surface area contributed by atoms with Crippen LogP contribution >= 0.6 is 0 Å². The molecule has 2 atom stereocenters. The maximum atomic E-state index is 6.03. The molecule has 2 bridgehead atoms. The van der Waals surface area contributed by atoms with Gasteiger partial charge in [0, 0.05) is 18.8 Å². The summed E-state index contributed by atoms with van der Waals surface area (Å²) < 4.78 is 0. The molecule has 2 nitrogen and oxygen atoms in total. The normalized spacial score (nSPS) is 30.6. The number of anilines is 1. The Hall–Kier alpha value is -1.02. The van der Waals surface area contributed by atoms with Gasteiger partial charge in [0.1, 0.15) is 0 Å². The predicted molar refractivity (Wildman–Crippen MR) is 94.8 cm³/mol. The van der Waals surface area contributed by atoms with Gasteiger partial charge in [-0.15, -0.1) is 0 Å². The molecule has 1 saturated carbocycles. The van der Waals surface area contributed by atoms with Crippen LogP contribution < -0.4 is 5.73 Å². The fourth-order valence-corrected chi connectivity index (χ4v) is 4.72. The van der Waals surface area contributed by atoms with Gasteiger partial charge in [-0.25, -0.2) is 0 Å². The maximum absolute atomic E-state index is 6.03. The van der Waals surface area contributed by atoms with Crippen molar-refractivity contribution in [3.05, 3.63) is 29.8 Å². The Bertz CT molecular complexity index is 522. The van der Waals surface area contributed by atoms with E-state index < -0.39 is 0 Å². The molecular weight excluding hydrogens is 268 g/mol. The van der Waals surface area contributed by atoms with Gasteiger partial charge in [0.05, 0.1) is 0 Å². The van der Waals surface area contributed by atoms with Gasteiger partial charge in [-0.1, -0.05) is 39.0 Å². The number of rotatable bonds is 5. The molecule has 0 radical (unpaired) electrons. The zero-order valence-corrected chi connectivity index (χ0v) is 14.6. The SMILES string of the molecule is CC1(C)C2CC[C@@]1(C)CN(CCCCc1ccccc1N)C2. The van der Waals surface area contributed by atoms with Crippen LogP contribution in [0.2, 0.25) is 0 Å². The van der Waals surface area contributed by atoms with E-state index in [4.69, 9.17) is 5.73 Å². The van der Waals surface area contributed by atoms with Crippen LogP contribution in [0, 0.1) is 16.7 Å². The lowest BCUT2D eigenvalue weighted by Crippen LogP contribution is -2.52. The topological polar surface area (TPSA) is 29.3 Å². The van der Waals surface area contributed by atoms with Crippen LogP contribution in [0.15, 0.2) is 24.3 Å². The molecule has 3 rings (SSSR count). The van der Waals surface area contributed by atoms with Crippen LogP contribution in [0.25, 0.3) is 0 Å². The Morgan fingerprint density at radius 3 is 2.68 bits per heavy atom. The quantitative estimate of drug-likeness (QED) is 0.647. The first-order chi connectivity index (χ1) is 10.4. The molecule has 2 N–H and O–H groups in total. The van der Waals surface area contributed by atoms with Gasteiger partial charge in [0.25, 0.3) is 0 Å². The third kappa shape index (κ3) is 2.78. The third-order valence-electron chi connectivity index (χ3n) is 6.90. The minimum atomic E-state index is 0.528. The van der Waals surface area contributed by atoms with E-state index in [0.29, 0.717) is 10.8 Å². The molecule has 2 fully saturated rings. The highest BCUT2D eigenvalue weighted by molar-refractivity contribution is 5.46. The first kappa shape index (κ1) is 15.9. The van der Waals surface area contributed by atoms with Crippen molar-refractivity contribution in [2.24, 2.45) is 16.7 Å². The van der Waals surface area contributed by atoms with E-state index >= 15 is 0 Å². The first-order valence-electron chi connectivity index (χ1n) is 8.98. The van der Waals surface area contributed by atoms with E-state index in [0.717, 1.165) is 18.0 Å². The van der Waals surface area contributed by atoms with Crippen LogP contribution in [0.5, 0.6) is 0 Å². The van der Waals surface area contributed by atoms with E-state index in [1.54, 1.807) is 0 Å². The highest BCUT2D eigenvalue weighted by atomic mass is 15.2. The summed E-state index contributed by atoms with van der Waals surface area (Å²) in [5.74, 6) is 0.899. The van der Waals surface area contributed by atoms with Gasteiger partial charge in [0.15, 0.2) is 0 Å². The highest BCUT2D eigenvalue weighted by Crippen LogP contribution is 2.58.